The summed E-state index contributed by atoms with van der Waals surface area (Å²) in [6.45, 7) is 4.96. The molecule has 0 bridgehead atoms. The Morgan fingerprint density at radius 3 is 2.43 bits per heavy atom. The van der Waals surface area contributed by atoms with E-state index >= 15 is 0 Å². The first-order chi connectivity index (χ1) is 16.6. The van der Waals surface area contributed by atoms with Gasteiger partial charge in [-0.1, -0.05) is 25.5 Å². The van der Waals surface area contributed by atoms with Gasteiger partial charge >= 0.3 is 0 Å². The average molecular weight is 500 g/mol. The van der Waals surface area contributed by atoms with Crippen molar-refractivity contribution in [1.29, 1.82) is 0 Å². The zero-order valence-electron chi connectivity index (χ0n) is 19.3. The SMILES string of the molecule is CCCc1ccc(-c2nnc(-c3nc(-c4ccc(S(=O)(=O)C(C)C)c(F)c4)cnc3N)o2)c(F)c1. The molecule has 2 aromatic heterocycles. The van der Waals surface area contributed by atoms with Crippen molar-refractivity contribution in [1.82, 2.24) is 20.2 Å². The first-order valence-electron chi connectivity index (χ1n) is 10.9. The molecule has 182 valence electrons. The maximum Gasteiger partial charge on any atom is 0.270 e. The number of aryl methyl sites for hydroxylation is 1. The van der Waals surface area contributed by atoms with Crippen LogP contribution in [0.15, 0.2) is 51.9 Å². The van der Waals surface area contributed by atoms with Crippen LogP contribution in [-0.4, -0.2) is 33.8 Å². The van der Waals surface area contributed by atoms with E-state index in [1.54, 1.807) is 12.1 Å². The number of anilines is 1. The number of nitrogen functional groups attached to an aromatic ring is 1. The molecule has 0 saturated carbocycles. The van der Waals surface area contributed by atoms with Crippen LogP contribution in [0.2, 0.25) is 0 Å². The normalized spacial score (nSPS) is 11.8. The van der Waals surface area contributed by atoms with Gasteiger partial charge in [-0.25, -0.2) is 27.2 Å². The minimum Gasteiger partial charge on any atom is -0.414 e. The highest BCUT2D eigenvalue weighted by molar-refractivity contribution is 7.92. The van der Waals surface area contributed by atoms with Gasteiger partial charge in [0.25, 0.3) is 11.8 Å². The summed E-state index contributed by atoms with van der Waals surface area (Å²) in [5.74, 6) is -1.57. The van der Waals surface area contributed by atoms with Crippen LogP contribution in [0.4, 0.5) is 14.6 Å². The number of hydrogen-bond donors (Lipinski definition) is 1. The van der Waals surface area contributed by atoms with Crippen LogP contribution in [0.1, 0.15) is 32.8 Å². The zero-order chi connectivity index (χ0) is 25.3. The van der Waals surface area contributed by atoms with Gasteiger partial charge < -0.3 is 10.2 Å². The molecule has 0 spiro atoms. The fourth-order valence-electron chi connectivity index (χ4n) is 3.44. The first-order valence-corrected chi connectivity index (χ1v) is 12.5. The van der Waals surface area contributed by atoms with Crippen molar-refractivity contribution >= 4 is 15.7 Å². The van der Waals surface area contributed by atoms with E-state index < -0.39 is 31.6 Å². The Morgan fingerprint density at radius 2 is 1.77 bits per heavy atom. The summed E-state index contributed by atoms with van der Waals surface area (Å²) < 4.78 is 59.6. The van der Waals surface area contributed by atoms with Gasteiger partial charge in [0, 0.05) is 5.56 Å². The fraction of sp³-hybridized carbons (Fsp3) is 0.250. The van der Waals surface area contributed by atoms with Crippen LogP contribution >= 0.6 is 0 Å². The molecule has 2 N–H and O–H groups in total. The Balaban J connectivity index is 1.69. The van der Waals surface area contributed by atoms with Gasteiger partial charge in [0.1, 0.15) is 16.5 Å². The molecule has 8 nitrogen and oxygen atoms in total. The molecular formula is C24H23F2N5O3S. The largest absolute Gasteiger partial charge is 0.414 e. The number of sulfone groups is 1. The molecule has 2 aromatic carbocycles. The average Bonchev–Trinajstić information content (AvgIpc) is 3.29. The molecule has 0 aliphatic heterocycles. The lowest BCUT2D eigenvalue weighted by molar-refractivity contribution is 0.561. The van der Waals surface area contributed by atoms with Crippen LogP contribution < -0.4 is 5.73 Å². The third kappa shape index (κ3) is 4.76. The lowest BCUT2D eigenvalue weighted by Crippen LogP contribution is -2.15. The second kappa shape index (κ2) is 9.49. The quantitative estimate of drug-likeness (QED) is 0.382. The van der Waals surface area contributed by atoms with Crippen molar-refractivity contribution in [3.8, 4) is 34.3 Å². The molecule has 0 unspecified atom stereocenters. The molecule has 0 fully saturated rings. The molecule has 0 amide bonds. The Labute approximate surface area is 201 Å². The number of halogens is 2. The maximum atomic E-state index is 14.7. The number of rotatable bonds is 7. The second-order valence-corrected chi connectivity index (χ2v) is 10.7. The van der Waals surface area contributed by atoms with Crippen LogP contribution in [0, 0.1) is 11.6 Å². The van der Waals surface area contributed by atoms with E-state index in [1.807, 2.05) is 6.92 Å². The number of nitrogens with two attached hydrogens (primary N) is 1. The van der Waals surface area contributed by atoms with Gasteiger partial charge in [0.2, 0.25) is 0 Å². The number of nitrogens with zero attached hydrogens (tertiary/aromatic N) is 4. The molecule has 35 heavy (non-hydrogen) atoms. The molecule has 2 heterocycles. The Hall–Kier alpha value is -3.73. The predicted octanol–water partition coefficient (Wildman–Crippen LogP) is 4.86. The second-order valence-electron chi connectivity index (χ2n) is 8.20. The van der Waals surface area contributed by atoms with Crippen molar-refractivity contribution in [2.24, 2.45) is 0 Å². The molecule has 0 radical (unpaired) electrons. The summed E-state index contributed by atoms with van der Waals surface area (Å²) in [6, 6.07) is 8.46. The summed E-state index contributed by atoms with van der Waals surface area (Å²) in [5, 5.41) is 7.05. The number of benzene rings is 2. The summed E-state index contributed by atoms with van der Waals surface area (Å²) in [7, 11) is -3.79. The van der Waals surface area contributed by atoms with Crippen LogP contribution in [0.3, 0.4) is 0 Å². The van der Waals surface area contributed by atoms with Crippen molar-refractivity contribution in [2.45, 2.75) is 43.8 Å². The highest BCUT2D eigenvalue weighted by Gasteiger charge is 2.24. The highest BCUT2D eigenvalue weighted by atomic mass is 32.2. The van der Waals surface area contributed by atoms with Gasteiger partial charge in [-0.15, -0.1) is 10.2 Å². The van der Waals surface area contributed by atoms with Gasteiger partial charge in [-0.05, 0) is 50.1 Å². The molecule has 0 aliphatic carbocycles. The standard InChI is InChI=1S/C24H23F2N5O3S/c1-4-5-14-6-8-16(17(25)10-14)23-30-31-24(34-23)21-22(27)28-12-19(29-21)15-7-9-20(18(26)11-15)35(32,33)13(2)3/h6-13H,4-5H2,1-3H3,(H2,27,28). The van der Waals surface area contributed by atoms with Crippen molar-refractivity contribution in [3.05, 3.63) is 59.8 Å². The Kier molecular flexibility index (Phi) is 6.62. The molecule has 0 aliphatic rings. The van der Waals surface area contributed by atoms with E-state index in [2.05, 4.69) is 20.2 Å². The summed E-state index contributed by atoms with van der Waals surface area (Å²) in [4.78, 5) is 8.03. The highest BCUT2D eigenvalue weighted by Crippen LogP contribution is 2.30. The summed E-state index contributed by atoms with van der Waals surface area (Å²) in [5.41, 5.74) is 7.45. The van der Waals surface area contributed by atoms with E-state index in [0.717, 1.165) is 24.5 Å². The molecule has 4 aromatic rings. The van der Waals surface area contributed by atoms with Gasteiger partial charge in [-0.3, -0.25) is 0 Å². The fourth-order valence-corrected chi connectivity index (χ4v) is 4.54. The summed E-state index contributed by atoms with van der Waals surface area (Å²) in [6.07, 6.45) is 2.95. The minimum absolute atomic E-state index is 0.0257. The topological polar surface area (TPSA) is 125 Å². The van der Waals surface area contributed by atoms with Gasteiger partial charge in [0.15, 0.2) is 21.3 Å². The predicted molar refractivity (Wildman–Crippen MR) is 127 cm³/mol. The number of aromatic nitrogens is 4. The lowest BCUT2D eigenvalue weighted by Gasteiger charge is -2.10. The smallest absolute Gasteiger partial charge is 0.270 e. The molecule has 11 heteroatoms. The van der Waals surface area contributed by atoms with Crippen LogP contribution in [0.5, 0.6) is 0 Å². The van der Waals surface area contributed by atoms with Crippen LogP contribution in [-0.2, 0) is 16.3 Å². The molecule has 4 rings (SSSR count). The Morgan fingerprint density at radius 1 is 1.03 bits per heavy atom. The van der Waals surface area contributed by atoms with Crippen molar-refractivity contribution in [2.75, 3.05) is 5.73 Å². The van der Waals surface area contributed by atoms with E-state index in [-0.39, 0.29) is 40.1 Å². The van der Waals surface area contributed by atoms with Crippen molar-refractivity contribution in [3.63, 3.8) is 0 Å². The minimum atomic E-state index is -3.79. The maximum absolute atomic E-state index is 14.7. The third-order valence-corrected chi connectivity index (χ3v) is 7.57. The first kappa shape index (κ1) is 24.4. The van der Waals surface area contributed by atoms with E-state index in [0.29, 0.717) is 0 Å². The number of hydrogen-bond acceptors (Lipinski definition) is 8. The lowest BCUT2D eigenvalue weighted by atomic mass is 10.1. The van der Waals surface area contributed by atoms with Crippen molar-refractivity contribution < 1.29 is 21.6 Å². The van der Waals surface area contributed by atoms with Gasteiger partial charge in [0.05, 0.1) is 22.7 Å². The monoisotopic (exact) mass is 499 g/mol. The van der Waals surface area contributed by atoms with Crippen LogP contribution in [0.25, 0.3) is 34.3 Å². The molecule has 0 saturated heterocycles. The molecular weight excluding hydrogens is 476 g/mol. The third-order valence-electron chi connectivity index (χ3n) is 5.39. The van der Waals surface area contributed by atoms with Gasteiger partial charge in [-0.2, -0.15) is 0 Å². The zero-order valence-corrected chi connectivity index (χ0v) is 20.1. The van der Waals surface area contributed by atoms with E-state index in [9.17, 15) is 17.2 Å². The summed E-state index contributed by atoms with van der Waals surface area (Å²) >= 11 is 0. The van der Waals surface area contributed by atoms with E-state index in [1.165, 1.54) is 38.2 Å². The molecule has 0 atom stereocenters. The van der Waals surface area contributed by atoms with E-state index in [4.69, 9.17) is 10.2 Å². The Bertz CT molecular complexity index is 1500.